The SMILES string of the molecule is NC(=O)N1CCC[C@@H](C(=O)NCCc2cccs2)C1. The number of nitrogens with two attached hydrogens (primary N) is 1. The Hall–Kier alpha value is -1.56. The normalized spacial score (nSPS) is 19.2. The van der Waals surface area contributed by atoms with Crippen molar-refractivity contribution in [1.82, 2.24) is 10.2 Å². The average Bonchev–Trinajstić information content (AvgIpc) is 2.92. The number of nitrogens with zero attached hydrogens (tertiary/aromatic N) is 1. The summed E-state index contributed by atoms with van der Waals surface area (Å²) in [5.74, 6) is -0.0907. The number of hydrogen-bond donors (Lipinski definition) is 2. The van der Waals surface area contributed by atoms with E-state index in [1.54, 1.807) is 16.2 Å². The maximum Gasteiger partial charge on any atom is 0.314 e. The molecule has 1 aliphatic heterocycles. The lowest BCUT2D eigenvalue weighted by Crippen LogP contribution is -2.47. The van der Waals surface area contributed by atoms with E-state index in [0.717, 1.165) is 19.3 Å². The van der Waals surface area contributed by atoms with Crippen LogP contribution in [0.1, 0.15) is 17.7 Å². The molecule has 19 heavy (non-hydrogen) atoms. The number of thiophene rings is 1. The Balaban J connectivity index is 1.74. The van der Waals surface area contributed by atoms with E-state index in [4.69, 9.17) is 5.73 Å². The molecule has 0 spiro atoms. The standard InChI is InChI=1S/C13H19N3O2S/c14-13(18)16-7-1-3-10(9-16)12(17)15-6-5-11-4-2-8-19-11/h2,4,8,10H,1,3,5-7,9H2,(H2,14,18)(H,15,17)/t10-/m1/s1. The molecule has 3 N–H and O–H groups in total. The number of nitrogens with one attached hydrogen (secondary N) is 1. The first-order valence-electron chi connectivity index (χ1n) is 6.51. The van der Waals surface area contributed by atoms with Crippen LogP contribution in [0.3, 0.4) is 0 Å². The van der Waals surface area contributed by atoms with Crippen LogP contribution in [-0.4, -0.2) is 36.5 Å². The van der Waals surface area contributed by atoms with Crippen LogP contribution in [0.25, 0.3) is 0 Å². The molecule has 5 nitrogen and oxygen atoms in total. The van der Waals surface area contributed by atoms with Gasteiger partial charge in [-0.25, -0.2) is 4.79 Å². The maximum absolute atomic E-state index is 12.0. The monoisotopic (exact) mass is 281 g/mol. The van der Waals surface area contributed by atoms with E-state index in [2.05, 4.69) is 11.4 Å². The van der Waals surface area contributed by atoms with E-state index >= 15 is 0 Å². The summed E-state index contributed by atoms with van der Waals surface area (Å²) in [6.07, 6.45) is 2.52. The van der Waals surface area contributed by atoms with E-state index in [9.17, 15) is 9.59 Å². The lowest BCUT2D eigenvalue weighted by atomic mass is 9.97. The molecule has 0 saturated carbocycles. The lowest BCUT2D eigenvalue weighted by molar-refractivity contribution is -0.126. The third-order valence-electron chi connectivity index (χ3n) is 3.35. The highest BCUT2D eigenvalue weighted by atomic mass is 32.1. The number of primary amides is 1. The topological polar surface area (TPSA) is 75.4 Å². The van der Waals surface area contributed by atoms with E-state index < -0.39 is 6.03 Å². The van der Waals surface area contributed by atoms with Gasteiger partial charge in [-0.1, -0.05) is 6.07 Å². The van der Waals surface area contributed by atoms with Gasteiger partial charge < -0.3 is 16.0 Å². The number of likely N-dealkylation sites (tertiary alicyclic amines) is 1. The van der Waals surface area contributed by atoms with Gasteiger partial charge in [0.05, 0.1) is 5.92 Å². The van der Waals surface area contributed by atoms with Crippen molar-refractivity contribution in [3.05, 3.63) is 22.4 Å². The fourth-order valence-electron chi connectivity index (χ4n) is 2.30. The van der Waals surface area contributed by atoms with Gasteiger partial charge in [0.15, 0.2) is 0 Å². The van der Waals surface area contributed by atoms with Gasteiger partial charge in [-0.3, -0.25) is 4.79 Å². The average molecular weight is 281 g/mol. The molecule has 1 aliphatic rings. The van der Waals surface area contributed by atoms with Crippen molar-refractivity contribution < 1.29 is 9.59 Å². The van der Waals surface area contributed by atoms with E-state index in [0.29, 0.717) is 19.6 Å². The molecule has 3 amide bonds. The summed E-state index contributed by atoms with van der Waals surface area (Å²) in [6, 6.07) is 3.64. The largest absolute Gasteiger partial charge is 0.355 e. The molecule has 0 bridgehead atoms. The summed E-state index contributed by atoms with van der Waals surface area (Å²) < 4.78 is 0. The zero-order valence-corrected chi connectivity index (χ0v) is 11.6. The molecule has 1 fully saturated rings. The van der Waals surface area contributed by atoms with Crippen molar-refractivity contribution in [2.24, 2.45) is 11.7 Å². The second-order valence-corrected chi connectivity index (χ2v) is 5.78. The predicted octanol–water partition coefficient (Wildman–Crippen LogP) is 1.20. The minimum absolute atomic E-state index is 0.0301. The van der Waals surface area contributed by atoms with Crippen molar-refractivity contribution in [2.45, 2.75) is 19.3 Å². The zero-order chi connectivity index (χ0) is 13.7. The molecule has 1 aromatic heterocycles. The number of carbonyl (C=O) groups excluding carboxylic acids is 2. The van der Waals surface area contributed by atoms with Crippen LogP contribution in [0.15, 0.2) is 17.5 Å². The van der Waals surface area contributed by atoms with E-state index in [1.807, 2.05) is 11.4 Å². The Labute approximate surface area is 116 Å². The van der Waals surface area contributed by atoms with Gasteiger partial charge in [-0.05, 0) is 30.7 Å². The fourth-order valence-corrected chi connectivity index (χ4v) is 3.01. The van der Waals surface area contributed by atoms with Gasteiger partial charge in [-0.15, -0.1) is 11.3 Å². The molecule has 1 aromatic rings. The zero-order valence-electron chi connectivity index (χ0n) is 10.8. The highest BCUT2D eigenvalue weighted by Gasteiger charge is 2.26. The highest BCUT2D eigenvalue weighted by Crippen LogP contribution is 2.16. The molecule has 6 heteroatoms. The maximum atomic E-state index is 12.0. The third kappa shape index (κ3) is 3.96. The number of carbonyl (C=O) groups is 2. The Morgan fingerprint density at radius 3 is 3.05 bits per heavy atom. The van der Waals surface area contributed by atoms with Gasteiger partial charge in [0, 0.05) is 24.5 Å². The Morgan fingerprint density at radius 1 is 1.53 bits per heavy atom. The summed E-state index contributed by atoms with van der Waals surface area (Å²) in [6.45, 7) is 1.75. The molecular formula is C13H19N3O2S. The van der Waals surface area contributed by atoms with Crippen molar-refractivity contribution in [1.29, 1.82) is 0 Å². The van der Waals surface area contributed by atoms with Crippen molar-refractivity contribution in [3.8, 4) is 0 Å². The Morgan fingerprint density at radius 2 is 2.37 bits per heavy atom. The summed E-state index contributed by atoms with van der Waals surface area (Å²) in [7, 11) is 0. The van der Waals surface area contributed by atoms with Crippen LogP contribution in [0.2, 0.25) is 0 Å². The predicted molar refractivity (Wildman–Crippen MR) is 74.9 cm³/mol. The van der Waals surface area contributed by atoms with Crippen LogP contribution in [0.4, 0.5) is 4.79 Å². The number of hydrogen-bond acceptors (Lipinski definition) is 3. The summed E-state index contributed by atoms with van der Waals surface area (Å²) in [5, 5.41) is 4.97. The third-order valence-corrected chi connectivity index (χ3v) is 4.29. The van der Waals surface area contributed by atoms with Gasteiger partial charge >= 0.3 is 6.03 Å². The fraction of sp³-hybridized carbons (Fsp3) is 0.538. The molecule has 0 aliphatic carbocycles. The molecule has 1 atom stereocenters. The second-order valence-electron chi connectivity index (χ2n) is 4.74. The first-order valence-corrected chi connectivity index (χ1v) is 7.39. The Kier molecular flexibility index (Phi) is 4.79. The van der Waals surface area contributed by atoms with Crippen molar-refractivity contribution in [3.63, 3.8) is 0 Å². The lowest BCUT2D eigenvalue weighted by Gasteiger charge is -2.30. The quantitative estimate of drug-likeness (QED) is 0.870. The van der Waals surface area contributed by atoms with Gasteiger partial charge in [0.2, 0.25) is 5.91 Å². The van der Waals surface area contributed by atoms with Crippen molar-refractivity contribution >= 4 is 23.3 Å². The van der Waals surface area contributed by atoms with Crippen LogP contribution < -0.4 is 11.1 Å². The first kappa shape index (κ1) is 13.9. The van der Waals surface area contributed by atoms with Crippen molar-refractivity contribution in [2.75, 3.05) is 19.6 Å². The van der Waals surface area contributed by atoms with Gasteiger partial charge in [0.1, 0.15) is 0 Å². The molecular weight excluding hydrogens is 262 g/mol. The molecule has 2 rings (SSSR count). The molecule has 104 valence electrons. The number of amides is 3. The van der Waals surface area contributed by atoms with Crippen LogP contribution in [0, 0.1) is 5.92 Å². The first-order chi connectivity index (χ1) is 9.16. The molecule has 0 unspecified atom stereocenters. The van der Waals surface area contributed by atoms with Gasteiger partial charge in [0.25, 0.3) is 0 Å². The summed E-state index contributed by atoms with van der Waals surface area (Å²) >= 11 is 1.69. The minimum atomic E-state index is -0.434. The number of urea groups is 1. The highest BCUT2D eigenvalue weighted by molar-refractivity contribution is 7.09. The van der Waals surface area contributed by atoms with Gasteiger partial charge in [-0.2, -0.15) is 0 Å². The van der Waals surface area contributed by atoms with Crippen LogP contribution >= 0.6 is 11.3 Å². The summed E-state index contributed by atoms with van der Waals surface area (Å²) in [4.78, 5) is 25.9. The van der Waals surface area contributed by atoms with E-state index in [-0.39, 0.29) is 11.8 Å². The smallest absolute Gasteiger partial charge is 0.314 e. The van der Waals surface area contributed by atoms with Crippen LogP contribution in [-0.2, 0) is 11.2 Å². The number of rotatable bonds is 4. The van der Waals surface area contributed by atoms with E-state index in [1.165, 1.54) is 4.88 Å². The Bertz CT molecular complexity index is 433. The van der Waals surface area contributed by atoms with Crippen LogP contribution in [0.5, 0.6) is 0 Å². The molecule has 0 radical (unpaired) electrons. The molecule has 1 saturated heterocycles. The molecule has 0 aromatic carbocycles. The minimum Gasteiger partial charge on any atom is -0.355 e. The summed E-state index contributed by atoms with van der Waals surface area (Å²) in [5.41, 5.74) is 5.25. The number of piperidine rings is 1. The second kappa shape index (κ2) is 6.56. The molecule has 2 heterocycles.